The molecule has 1 nitrogen and oxygen atoms in total. The summed E-state index contributed by atoms with van der Waals surface area (Å²) in [4.78, 5) is 0. The number of ether oxygens (including phenoxy) is 1. The van der Waals surface area contributed by atoms with Crippen LogP contribution in [0.25, 0.3) is 0 Å². The minimum atomic E-state index is 0.889. The monoisotopic (exact) mass is 216 g/mol. The van der Waals surface area contributed by atoms with Gasteiger partial charge in [-0.25, -0.2) is 0 Å². The second-order valence-electron chi connectivity index (χ2n) is 6.88. The van der Waals surface area contributed by atoms with Crippen LogP contribution in [-0.4, -0.2) is 0 Å². The Balaban J connectivity index is 1.51. The number of allylic oxidation sites excluding steroid dienone is 2. The molecule has 3 saturated carbocycles. The first-order valence-electron chi connectivity index (χ1n) is 7.30. The Hall–Kier alpha value is -0.460. The molecule has 5 aliphatic rings. The topological polar surface area (TPSA) is 12.5 Å². The molecule has 3 fully saturated rings. The van der Waals surface area contributed by atoms with Crippen molar-refractivity contribution in [2.45, 2.75) is 39.0 Å². The van der Waals surface area contributed by atoms with Crippen molar-refractivity contribution in [1.82, 2.24) is 0 Å². The van der Waals surface area contributed by atoms with E-state index in [1.807, 2.05) is 0 Å². The van der Waals surface area contributed by atoms with Crippen LogP contribution in [0.5, 0.6) is 0 Å². The molecule has 0 saturated heterocycles. The van der Waals surface area contributed by atoms with Gasteiger partial charge in [0.05, 0.1) is 0 Å². The van der Waals surface area contributed by atoms with Gasteiger partial charge in [0, 0.05) is 11.8 Å². The molecule has 16 heavy (non-hydrogen) atoms. The highest BCUT2D eigenvalue weighted by atomic mass is 16.6. The molecule has 4 bridgehead atoms. The van der Waals surface area contributed by atoms with Gasteiger partial charge in [-0.3, -0.25) is 0 Å². The summed E-state index contributed by atoms with van der Waals surface area (Å²) in [6, 6.07) is 0. The van der Waals surface area contributed by atoms with Gasteiger partial charge in [0.25, 0.3) is 0 Å². The third kappa shape index (κ3) is 0.771. The van der Waals surface area contributed by atoms with Gasteiger partial charge >= 0.3 is 0 Å². The number of hydrogen-bond acceptors (Lipinski definition) is 1. The van der Waals surface area contributed by atoms with Crippen LogP contribution in [0.15, 0.2) is 11.5 Å². The first-order chi connectivity index (χ1) is 7.88. The Morgan fingerprint density at radius 1 is 1.06 bits per heavy atom. The number of hydrogen-bond donors (Lipinski definition) is 0. The van der Waals surface area contributed by atoms with E-state index in [1.165, 1.54) is 30.8 Å². The van der Waals surface area contributed by atoms with E-state index in [0.717, 1.165) is 41.4 Å². The Morgan fingerprint density at radius 2 is 1.88 bits per heavy atom. The zero-order valence-electron chi connectivity index (χ0n) is 9.99. The highest BCUT2D eigenvalue weighted by Gasteiger charge is 2.69. The normalized spacial score (nSPS) is 58.9. The lowest BCUT2D eigenvalue weighted by Gasteiger charge is -2.35. The van der Waals surface area contributed by atoms with Gasteiger partial charge in [-0.2, -0.15) is 0 Å². The highest BCUT2D eigenvalue weighted by Crippen LogP contribution is 2.74. The fourth-order valence-electron chi connectivity index (χ4n) is 6.21. The van der Waals surface area contributed by atoms with Gasteiger partial charge < -0.3 is 4.74 Å². The first-order valence-corrected chi connectivity index (χ1v) is 7.30. The van der Waals surface area contributed by atoms with Crippen molar-refractivity contribution in [2.75, 3.05) is 0 Å². The van der Waals surface area contributed by atoms with E-state index in [-0.39, 0.29) is 0 Å². The van der Waals surface area contributed by atoms with Gasteiger partial charge in [-0.05, 0) is 48.9 Å². The maximum Gasteiger partial charge on any atom is 0.146 e. The van der Waals surface area contributed by atoms with Crippen molar-refractivity contribution < 1.29 is 4.74 Å². The summed E-state index contributed by atoms with van der Waals surface area (Å²) < 4.78 is 5.73. The van der Waals surface area contributed by atoms with Crippen LogP contribution in [0.4, 0.5) is 0 Å². The lowest BCUT2D eigenvalue weighted by molar-refractivity contribution is 0.143. The highest BCUT2D eigenvalue weighted by molar-refractivity contribution is 5.37. The third-order valence-corrected chi connectivity index (χ3v) is 6.46. The Morgan fingerprint density at radius 3 is 2.69 bits per heavy atom. The summed E-state index contributed by atoms with van der Waals surface area (Å²) in [7, 11) is 0. The van der Waals surface area contributed by atoms with Crippen molar-refractivity contribution in [3.05, 3.63) is 11.5 Å². The largest absolute Gasteiger partial charge is 0.458 e. The number of rotatable bonds is 2. The van der Waals surface area contributed by atoms with Crippen molar-refractivity contribution >= 4 is 0 Å². The van der Waals surface area contributed by atoms with Crippen molar-refractivity contribution in [1.29, 1.82) is 0 Å². The summed E-state index contributed by atoms with van der Waals surface area (Å²) >= 11 is 0. The molecule has 0 N–H and O–H groups in total. The summed E-state index contributed by atoms with van der Waals surface area (Å²) in [6.45, 7) is 2.36. The average Bonchev–Trinajstić information content (AvgIpc) is 2.67. The average molecular weight is 216 g/mol. The minimum absolute atomic E-state index is 0.889. The molecular weight excluding hydrogens is 196 g/mol. The van der Waals surface area contributed by atoms with Crippen molar-refractivity contribution in [3.8, 4) is 0 Å². The van der Waals surface area contributed by atoms with E-state index in [9.17, 15) is 0 Å². The van der Waals surface area contributed by atoms with Gasteiger partial charge in [-0.15, -0.1) is 0 Å². The number of fused-ring (bicyclic) bond motifs is 11. The van der Waals surface area contributed by atoms with Crippen LogP contribution < -0.4 is 0 Å². The second-order valence-corrected chi connectivity index (χ2v) is 6.88. The van der Waals surface area contributed by atoms with Crippen LogP contribution in [-0.2, 0) is 4.74 Å². The first kappa shape index (κ1) is 8.60. The minimum Gasteiger partial charge on any atom is -0.458 e. The lowest BCUT2D eigenvalue weighted by Crippen LogP contribution is -2.30. The molecule has 7 atom stereocenters. The Bertz CT molecular complexity index is 396. The SMILES string of the molecule is CCCC1CC2CC1C1C3CC(C4=C3O4)C21. The van der Waals surface area contributed by atoms with Gasteiger partial charge in [0.2, 0.25) is 0 Å². The Kier molecular flexibility index (Phi) is 1.35. The fourth-order valence-corrected chi connectivity index (χ4v) is 6.21. The maximum absolute atomic E-state index is 5.73. The summed E-state index contributed by atoms with van der Waals surface area (Å²) in [5.74, 6) is 10.1. The van der Waals surface area contributed by atoms with Crippen LogP contribution in [0.1, 0.15) is 39.0 Å². The zero-order valence-corrected chi connectivity index (χ0v) is 9.99. The van der Waals surface area contributed by atoms with E-state index in [1.54, 1.807) is 12.8 Å². The van der Waals surface area contributed by atoms with Crippen molar-refractivity contribution in [2.24, 2.45) is 41.4 Å². The van der Waals surface area contributed by atoms with Gasteiger partial charge in [0.15, 0.2) is 0 Å². The zero-order chi connectivity index (χ0) is 10.4. The second kappa shape index (κ2) is 2.52. The molecule has 1 aliphatic heterocycles. The molecule has 0 aromatic heterocycles. The van der Waals surface area contributed by atoms with E-state index in [2.05, 4.69) is 6.92 Å². The predicted molar refractivity (Wildman–Crippen MR) is 61.3 cm³/mol. The van der Waals surface area contributed by atoms with E-state index >= 15 is 0 Å². The third-order valence-electron chi connectivity index (χ3n) is 6.46. The van der Waals surface area contributed by atoms with E-state index in [0.29, 0.717) is 0 Å². The molecule has 4 aliphatic carbocycles. The van der Waals surface area contributed by atoms with Crippen LogP contribution in [0.2, 0.25) is 0 Å². The summed E-state index contributed by atoms with van der Waals surface area (Å²) in [5, 5.41) is 0. The van der Waals surface area contributed by atoms with E-state index < -0.39 is 0 Å². The standard InChI is InChI=1S/C15H20O/c1-2-3-7-4-8-5-9(7)13-11-6-10(12(8)13)14-15(11)16-14/h7-13H,2-6H2,1H3. The fraction of sp³-hybridized carbons (Fsp3) is 0.867. The quantitative estimate of drug-likeness (QED) is 0.643. The lowest BCUT2D eigenvalue weighted by atomic mass is 9.68. The van der Waals surface area contributed by atoms with Crippen LogP contribution in [0, 0.1) is 41.4 Å². The van der Waals surface area contributed by atoms with Crippen molar-refractivity contribution in [3.63, 3.8) is 0 Å². The Labute approximate surface area is 97.2 Å². The molecule has 7 unspecified atom stereocenters. The molecule has 0 aromatic carbocycles. The van der Waals surface area contributed by atoms with Gasteiger partial charge in [0.1, 0.15) is 11.5 Å². The smallest absolute Gasteiger partial charge is 0.146 e. The molecular formula is C15H20O. The van der Waals surface area contributed by atoms with Crippen LogP contribution in [0.3, 0.4) is 0 Å². The molecule has 86 valence electrons. The van der Waals surface area contributed by atoms with Crippen LogP contribution >= 0.6 is 0 Å². The molecule has 1 heterocycles. The molecule has 0 radical (unpaired) electrons. The molecule has 0 spiro atoms. The van der Waals surface area contributed by atoms with Gasteiger partial charge in [-0.1, -0.05) is 19.8 Å². The molecule has 1 heteroatoms. The van der Waals surface area contributed by atoms with E-state index in [4.69, 9.17) is 4.74 Å². The maximum atomic E-state index is 5.73. The summed E-state index contributed by atoms with van der Waals surface area (Å²) in [6.07, 6.45) is 7.50. The summed E-state index contributed by atoms with van der Waals surface area (Å²) in [5.41, 5.74) is 0. The molecule has 5 rings (SSSR count). The molecule has 0 amide bonds. The predicted octanol–water partition coefficient (Wildman–Crippen LogP) is 3.57. The molecule has 0 aromatic rings.